The van der Waals surface area contributed by atoms with Crippen molar-refractivity contribution in [2.24, 2.45) is 0 Å². The van der Waals surface area contributed by atoms with Crippen LogP contribution in [0.4, 0.5) is 0 Å². The molecule has 144 valence electrons. The van der Waals surface area contributed by atoms with E-state index in [1.54, 1.807) is 13.8 Å². The average Bonchev–Trinajstić information content (AvgIpc) is 2.77. The number of hydrogen-bond donors (Lipinski definition) is 0. The van der Waals surface area contributed by atoms with Gasteiger partial charge in [-0.2, -0.15) is 8.42 Å². The SMILES string of the molecule is CC(=O)CN(Cl)S(=O)(=O)Oc1ccc2c(c1)C(C)(C)C(OC(=O)CCl)O2. The summed E-state index contributed by atoms with van der Waals surface area (Å²) in [4.78, 5) is 22.5. The van der Waals surface area contributed by atoms with Crippen molar-refractivity contribution in [3.05, 3.63) is 23.8 Å². The first-order chi connectivity index (χ1) is 12.0. The van der Waals surface area contributed by atoms with E-state index in [9.17, 15) is 18.0 Å². The van der Waals surface area contributed by atoms with Crippen LogP contribution in [0.5, 0.6) is 11.5 Å². The fourth-order valence-corrected chi connectivity index (χ4v) is 3.38. The van der Waals surface area contributed by atoms with Gasteiger partial charge in [-0.1, -0.05) is 3.82 Å². The van der Waals surface area contributed by atoms with E-state index in [4.69, 9.17) is 37.0 Å². The molecule has 1 heterocycles. The number of ketones is 1. The van der Waals surface area contributed by atoms with Crippen LogP contribution in [0.2, 0.25) is 0 Å². The van der Waals surface area contributed by atoms with Gasteiger partial charge in [-0.05, 0) is 50.7 Å². The highest BCUT2D eigenvalue weighted by atomic mass is 35.5. The van der Waals surface area contributed by atoms with Gasteiger partial charge < -0.3 is 13.7 Å². The molecular formula is C15H17Cl2NO7S. The zero-order valence-electron chi connectivity index (χ0n) is 14.2. The molecule has 0 aromatic heterocycles. The Hall–Kier alpha value is -1.55. The first-order valence-electron chi connectivity index (χ1n) is 7.41. The van der Waals surface area contributed by atoms with Crippen molar-refractivity contribution in [1.82, 2.24) is 3.82 Å². The lowest BCUT2D eigenvalue weighted by Crippen LogP contribution is -2.36. The fourth-order valence-electron chi connectivity index (χ4n) is 2.30. The summed E-state index contributed by atoms with van der Waals surface area (Å²) in [5, 5.41) is 0. The van der Waals surface area contributed by atoms with Crippen LogP contribution in [0, 0.1) is 0 Å². The summed E-state index contributed by atoms with van der Waals surface area (Å²) in [7, 11) is -4.37. The van der Waals surface area contributed by atoms with Gasteiger partial charge in [0, 0.05) is 5.56 Å². The van der Waals surface area contributed by atoms with Gasteiger partial charge in [0.15, 0.2) is 0 Å². The number of benzene rings is 1. The molecule has 11 heteroatoms. The number of alkyl halides is 1. The molecule has 0 aliphatic carbocycles. The molecule has 2 rings (SSSR count). The van der Waals surface area contributed by atoms with E-state index in [0.717, 1.165) is 0 Å². The number of halogens is 2. The van der Waals surface area contributed by atoms with Crippen molar-refractivity contribution in [2.45, 2.75) is 32.5 Å². The molecule has 26 heavy (non-hydrogen) atoms. The highest BCUT2D eigenvalue weighted by molar-refractivity contribution is 7.85. The number of Topliss-reactive ketones (excluding diaryl/α,β-unsaturated/α-hetero) is 1. The van der Waals surface area contributed by atoms with Gasteiger partial charge in [-0.3, -0.25) is 9.59 Å². The summed E-state index contributed by atoms with van der Waals surface area (Å²) in [6.45, 7) is 4.18. The van der Waals surface area contributed by atoms with Crippen LogP contribution in [0.1, 0.15) is 26.3 Å². The number of rotatable bonds is 7. The maximum Gasteiger partial charge on any atom is 0.399 e. The Bertz CT molecular complexity index is 825. The van der Waals surface area contributed by atoms with Crippen molar-refractivity contribution in [1.29, 1.82) is 0 Å². The van der Waals surface area contributed by atoms with Gasteiger partial charge in [0.1, 0.15) is 23.2 Å². The predicted molar refractivity (Wildman–Crippen MR) is 93.5 cm³/mol. The van der Waals surface area contributed by atoms with E-state index in [0.29, 0.717) is 11.3 Å². The van der Waals surface area contributed by atoms with Gasteiger partial charge in [0.05, 0.1) is 12.0 Å². The Balaban J connectivity index is 2.24. The minimum atomic E-state index is -4.37. The maximum absolute atomic E-state index is 12.0. The third-order valence-corrected chi connectivity index (χ3v) is 5.47. The van der Waals surface area contributed by atoms with Crippen molar-refractivity contribution in [2.75, 3.05) is 12.4 Å². The maximum atomic E-state index is 12.0. The lowest BCUT2D eigenvalue weighted by Gasteiger charge is -2.25. The standard InChI is InChI=1S/C15H17Cl2NO7S/c1-9(19)8-18(17)26(21,22)25-10-4-5-12-11(6-10)15(2,3)14(23-12)24-13(20)7-16/h4-6,14H,7-8H2,1-3H3. The summed E-state index contributed by atoms with van der Waals surface area (Å²) in [6.07, 6.45) is -0.919. The topological polar surface area (TPSA) is 99.2 Å². The minimum absolute atomic E-state index is 0.0288. The molecule has 0 fully saturated rings. The molecule has 1 unspecified atom stereocenters. The van der Waals surface area contributed by atoms with Gasteiger partial charge >= 0.3 is 16.3 Å². The summed E-state index contributed by atoms with van der Waals surface area (Å²) in [6, 6.07) is 4.29. The van der Waals surface area contributed by atoms with Crippen LogP contribution in [0.15, 0.2) is 18.2 Å². The third kappa shape index (κ3) is 4.40. The van der Waals surface area contributed by atoms with Crippen LogP contribution in [0.3, 0.4) is 0 Å². The minimum Gasteiger partial charge on any atom is -0.454 e. The smallest absolute Gasteiger partial charge is 0.399 e. The van der Waals surface area contributed by atoms with E-state index >= 15 is 0 Å². The first-order valence-corrected chi connectivity index (χ1v) is 9.65. The summed E-state index contributed by atoms with van der Waals surface area (Å²) < 4.78 is 40.1. The second kappa shape index (κ2) is 7.59. The van der Waals surface area contributed by atoms with Crippen LogP contribution >= 0.6 is 23.4 Å². The molecule has 1 aliphatic heterocycles. The molecule has 1 aromatic rings. The van der Waals surface area contributed by atoms with Crippen molar-refractivity contribution in [3.8, 4) is 11.5 Å². The summed E-state index contributed by atoms with van der Waals surface area (Å²) >= 11 is 11.0. The zero-order chi connectivity index (χ0) is 19.7. The lowest BCUT2D eigenvalue weighted by molar-refractivity contribution is -0.165. The molecule has 1 aliphatic rings. The molecular weight excluding hydrogens is 409 g/mol. The summed E-state index contributed by atoms with van der Waals surface area (Å²) in [5.74, 6) is -1.02. The van der Waals surface area contributed by atoms with E-state index < -0.39 is 40.3 Å². The van der Waals surface area contributed by atoms with Crippen LogP contribution in [0.25, 0.3) is 0 Å². The molecule has 0 amide bonds. The number of carbonyl (C=O) groups is 2. The first kappa shape index (κ1) is 20.8. The third-order valence-electron chi connectivity index (χ3n) is 3.61. The van der Waals surface area contributed by atoms with Crippen LogP contribution in [-0.2, 0) is 30.0 Å². The molecule has 1 aromatic carbocycles. The Morgan fingerprint density at radius 2 is 2.00 bits per heavy atom. The van der Waals surface area contributed by atoms with Crippen molar-refractivity contribution >= 4 is 45.4 Å². The Morgan fingerprint density at radius 3 is 2.58 bits per heavy atom. The second-order valence-corrected chi connectivity index (χ2v) is 8.48. The molecule has 1 atom stereocenters. The molecule has 0 bridgehead atoms. The Kier molecular flexibility index (Phi) is 6.06. The molecule has 0 N–H and O–H groups in total. The number of esters is 1. The zero-order valence-corrected chi connectivity index (χ0v) is 16.5. The lowest BCUT2D eigenvalue weighted by atomic mass is 9.85. The van der Waals surface area contributed by atoms with Gasteiger partial charge in [-0.15, -0.1) is 11.6 Å². The highest BCUT2D eigenvalue weighted by Crippen LogP contribution is 2.45. The van der Waals surface area contributed by atoms with E-state index in [2.05, 4.69) is 0 Å². The fraction of sp³-hybridized carbons (Fsp3) is 0.467. The predicted octanol–water partition coefficient (Wildman–Crippen LogP) is 2.13. The number of hydrogen-bond acceptors (Lipinski definition) is 7. The molecule has 0 saturated heterocycles. The van der Waals surface area contributed by atoms with Crippen LogP contribution in [-0.4, -0.2) is 42.7 Å². The Labute approximate surface area is 161 Å². The summed E-state index contributed by atoms with van der Waals surface area (Å²) in [5.41, 5.74) is -0.203. The van der Waals surface area contributed by atoms with Gasteiger partial charge in [0.25, 0.3) is 6.29 Å². The molecule has 0 radical (unpaired) electrons. The number of carbonyl (C=O) groups excluding carboxylic acids is 2. The number of nitrogens with zero attached hydrogens (tertiary/aromatic N) is 1. The van der Waals surface area contributed by atoms with Gasteiger partial charge in [0.2, 0.25) is 0 Å². The second-order valence-electron chi connectivity index (χ2n) is 6.14. The largest absolute Gasteiger partial charge is 0.454 e. The normalized spacial score (nSPS) is 18.2. The number of ether oxygens (including phenoxy) is 2. The number of fused-ring (bicyclic) bond motifs is 1. The molecule has 8 nitrogen and oxygen atoms in total. The van der Waals surface area contributed by atoms with Crippen molar-refractivity contribution < 1.29 is 31.7 Å². The highest BCUT2D eigenvalue weighted by Gasteiger charge is 2.44. The van der Waals surface area contributed by atoms with Gasteiger partial charge in [-0.25, -0.2) is 0 Å². The average molecular weight is 426 g/mol. The van der Waals surface area contributed by atoms with E-state index in [1.165, 1.54) is 25.1 Å². The van der Waals surface area contributed by atoms with E-state index in [1.807, 2.05) is 0 Å². The quantitative estimate of drug-likeness (QED) is 0.374. The molecule has 0 spiro atoms. The molecule has 0 saturated carbocycles. The monoisotopic (exact) mass is 425 g/mol. The Morgan fingerprint density at radius 1 is 1.35 bits per heavy atom. The van der Waals surface area contributed by atoms with Crippen molar-refractivity contribution in [3.63, 3.8) is 0 Å². The van der Waals surface area contributed by atoms with E-state index in [-0.39, 0.29) is 15.5 Å². The van der Waals surface area contributed by atoms with Crippen LogP contribution < -0.4 is 8.92 Å².